The molecule has 152 valence electrons. The molecule has 0 aliphatic rings. The number of aromatic amines is 1. The predicted molar refractivity (Wildman–Crippen MR) is 103 cm³/mol. The van der Waals surface area contributed by atoms with Gasteiger partial charge in [-0.25, -0.2) is 4.79 Å². The zero-order valence-electron chi connectivity index (χ0n) is 15.8. The Bertz CT molecular complexity index is 848. The molecule has 1 heterocycles. The summed E-state index contributed by atoms with van der Waals surface area (Å²) in [6, 6.07) is 4.16. The fourth-order valence-electron chi connectivity index (χ4n) is 2.86. The zero-order chi connectivity index (χ0) is 20.8. The monoisotopic (exact) mass is 390 g/mol. The van der Waals surface area contributed by atoms with Crippen LogP contribution < -0.4 is 16.4 Å². The van der Waals surface area contributed by atoms with E-state index in [1.807, 2.05) is 24.3 Å². The number of hydrogen-bond acceptors (Lipinski definition) is 5. The maximum Gasteiger partial charge on any atom is 0.326 e. The number of para-hydroxylation sites is 1. The average Bonchev–Trinajstić information content (AvgIpc) is 3.07. The van der Waals surface area contributed by atoms with E-state index in [1.165, 1.54) is 0 Å². The van der Waals surface area contributed by atoms with Crippen molar-refractivity contribution in [1.29, 1.82) is 0 Å². The molecular formula is C19H26N4O5. The van der Waals surface area contributed by atoms with Gasteiger partial charge in [-0.1, -0.05) is 32.0 Å². The number of carboxylic acids is 1. The van der Waals surface area contributed by atoms with Crippen LogP contribution in [0.25, 0.3) is 10.9 Å². The summed E-state index contributed by atoms with van der Waals surface area (Å²) >= 11 is 0. The minimum atomic E-state index is -1.18. The fourth-order valence-corrected chi connectivity index (χ4v) is 2.86. The van der Waals surface area contributed by atoms with E-state index < -0.39 is 42.5 Å². The number of aliphatic carboxylic acids is 1. The Balaban J connectivity index is 2.26. The first-order valence-electron chi connectivity index (χ1n) is 8.99. The summed E-state index contributed by atoms with van der Waals surface area (Å²) in [7, 11) is 0. The SMILES string of the molecule is CC(C)[C@H](NC(=O)[C@H](Cc1c[nH]c2ccccc12)NC(=O)[C@@H](N)CO)C(=O)O. The number of hydrogen-bond donors (Lipinski definition) is 6. The number of H-pyrrole nitrogens is 1. The van der Waals surface area contributed by atoms with Crippen molar-refractivity contribution in [1.82, 2.24) is 15.6 Å². The van der Waals surface area contributed by atoms with Crippen molar-refractivity contribution in [3.63, 3.8) is 0 Å². The van der Waals surface area contributed by atoms with Crippen LogP contribution in [0.3, 0.4) is 0 Å². The van der Waals surface area contributed by atoms with Crippen molar-refractivity contribution in [2.24, 2.45) is 11.7 Å². The summed E-state index contributed by atoms with van der Waals surface area (Å²) in [5.74, 6) is -2.83. The van der Waals surface area contributed by atoms with Gasteiger partial charge in [0.2, 0.25) is 11.8 Å². The van der Waals surface area contributed by atoms with Gasteiger partial charge >= 0.3 is 5.97 Å². The fraction of sp³-hybridized carbons (Fsp3) is 0.421. The van der Waals surface area contributed by atoms with Gasteiger partial charge in [0.1, 0.15) is 18.1 Å². The van der Waals surface area contributed by atoms with Crippen molar-refractivity contribution in [3.8, 4) is 0 Å². The highest BCUT2D eigenvalue weighted by atomic mass is 16.4. The molecular weight excluding hydrogens is 364 g/mol. The molecule has 0 aliphatic carbocycles. The summed E-state index contributed by atoms with van der Waals surface area (Å²) in [6.45, 7) is 2.78. The molecule has 9 heteroatoms. The minimum Gasteiger partial charge on any atom is -0.480 e. The standard InChI is InChI=1S/C19H26N4O5/c1-10(2)16(19(27)28)23-18(26)15(22-17(25)13(20)9-24)7-11-8-21-14-6-4-3-5-12(11)14/h3-6,8,10,13,15-16,21,24H,7,9,20H2,1-2H3,(H,22,25)(H,23,26)(H,27,28)/t13-,15-,16-/m0/s1. The van der Waals surface area contributed by atoms with E-state index >= 15 is 0 Å². The normalized spacial score (nSPS) is 14.5. The van der Waals surface area contributed by atoms with Crippen LogP contribution >= 0.6 is 0 Å². The number of benzene rings is 1. The Labute approximate surface area is 162 Å². The highest BCUT2D eigenvalue weighted by molar-refractivity contribution is 5.93. The molecule has 2 amide bonds. The van der Waals surface area contributed by atoms with Gasteiger partial charge in [0.25, 0.3) is 0 Å². The molecule has 0 spiro atoms. The number of aliphatic hydroxyl groups excluding tert-OH is 1. The lowest BCUT2D eigenvalue weighted by Gasteiger charge is -2.24. The first-order chi connectivity index (χ1) is 13.2. The van der Waals surface area contributed by atoms with Crippen LogP contribution in [-0.2, 0) is 20.8 Å². The Morgan fingerprint density at radius 2 is 1.82 bits per heavy atom. The second kappa shape index (κ2) is 9.34. The maximum absolute atomic E-state index is 12.8. The van der Waals surface area contributed by atoms with Crippen molar-refractivity contribution < 1.29 is 24.6 Å². The molecule has 7 N–H and O–H groups in total. The molecule has 2 aromatic rings. The molecule has 0 saturated carbocycles. The number of rotatable bonds is 9. The molecule has 0 unspecified atom stereocenters. The van der Waals surface area contributed by atoms with E-state index in [0.29, 0.717) is 0 Å². The van der Waals surface area contributed by atoms with Crippen LogP contribution in [0.4, 0.5) is 0 Å². The Kier molecular flexibility index (Phi) is 7.13. The smallest absolute Gasteiger partial charge is 0.326 e. The van der Waals surface area contributed by atoms with Crippen LogP contribution in [0.15, 0.2) is 30.5 Å². The highest BCUT2D eigenvalue weighted by Gasteiger charge is 2.30. The summed E-state index contributed by atoms with van der Waals surface area (Å²) in [5.41, 5.74) is 7.19. The molecule has 28 heavy (non-hydrogen) atoms. The first kappa shape index (κ1) is 21.4. The van der Waals surface area contributed by atoms with Crippen LogP contribution in [0.2, 0.25) is 0 Å². The topological polar surface area (TPSA) is 158 Å². The molecule has 0 bridgehead atoms. The minimum absolute atomic E-state index is 0.129. The van der Waals surface area contributed by atoms with Crippen molar-refractivity contribution in [2.45, 2.75) is 38.4 Å². The van der Waals surface area contributed by atoms with E-state index in [4.69, 9.17) is 10.8 Å². The van der Waals surface area contributed by atoms with Crippen molar-refractivity contribution in [2.75, 3.05) is 6.61 Å². The zero-order valence-corrected chi connectivity index (χ0v) is 15.8. The lowest BCUT2D eigenvalue weighted by molar-refractivity contribution is -0.143. The van der Waals surface area contributed by atoms with Crippen LogP contribution in [0, 0.1) is 5.92 Å². The largest absolute Gasteiger partial charge is 0.480 e. The molecule has 2 rings (SSSR count). The lowest BCUT2D eigenvalue weighted by Crippen LogP contribution is -2.56. The number of nitrogens with two attached hydrogens (primary N) is 1. The van der Waals surface area contributed by atoms with E-state index in [9.17, 15) is 19.5 Å². The molecule has 9 nitrogen and oxygen atoms in total. The summed E-state index contributed by atoms with van der Waals surface area (Å²) in [5, 5.41) is 24.3. The second-order valence-corrected chi connectivity index (χ2v) is 6.98. The summed E-state index contributed by atoms with van der Waals surface area (Å²) < 4.78 is 0. The Morgan fingerprint density at radius 1 is 1.14 bits per heavy atom. The number of fused-ring (bicyclic) bond motifs is 1. The van der Waals surface area contributed by atoms with E-state index in [-0.39, 0.29) is 12.3 Å². The third-order valence-corrected chi connectivity index (χ3v) is 4.50. The van der Waals surface area contributed by atoms with Gasteiger partial charge < -0.3 is 31.6 Å². The molecule has 0 radical (unpaired) electrons. The van der Waals surface area contributed by atoms with Crippen molar-refractivity contribution >= 4 is 28.7 Å². The maximum atomic E-state index is 12.8. The van der Waals surface area contributed by atoms with E-state index in [1.54, 1.807) is 20.0 Å². The Morgan fingerprint density at radius 3 is 2.43 bits per heavy atom. The molecule has 3 atom stereocenters. The molecule has 1 aromatic carbocycles. The van der Waals surface area contributed by atoms with Crippen LogP contribution in [-0.4, -0.2) is 57.7 Å². The second-order valence-electron chi connectivity index (χ2n) is 6.98. The summed E-state index contributed by atoms with van der Waals surface area (Å²) in [4.78, 5) is 39.4. The van der Waals surface area contributed by atoms with Crippen LogP contribution in [0.5, 0.6) is 0 Å². The van der Waals surface area contributed by atoms with Gasteiger partial charge in [-0.15, -0.1) is 0 Å². The molecule has 1 aromatic heterocycles. The molecule has 0 fully saturated rings. The summed E-state index contributed by atoms with van der Waals surface area (Å²) in [6.07, 6.45) is 1.87. The molecule has 0 saturated heterocycles. The molecule has 0 aliphatic heterocycles. The number of carbonyl (C=O) groups excluding carboxylic acids is 2. The van der Waals surface area contributed by atoms with Crippen molar-refractivity contribution in [3.05, 3.63) is 36.0 Å². The van der Waals surface area contributed by atoms with Gasteiger partial charge in [0, 0.05) is 23.5 Å². The number of nitrogens with one attached hydrogen (secondary N) is 3. The lowest BCUT2D eigenvalue weighted by atomic mass is 10.0. The average molecular weight is 390 g/mol. The number of carboxylic acid groups (broad SMARTS) is 1. The van der Waals surface area contributed by atoms with E-state index in [2.05, 4.69) is 15.6 Å². The first-order valence-corrected chi connectivity index (χ1v) is 8.99. The van der Waals surface area contributed by atoms with Gasteiger partial charge in [-0.2, -0.15) is 0 Å². The quantitative estimate of drug-likeness (QED) is 0.346. The van der Waals surface area contributed by atoms with Crippen LogP contribution in [0.1, 0.15) is 19.4 Å². The van der Waals surface area contributed by atoms with Gasteiger partial charge in [0.15, 0.2) is 0 Å². The number of carbonyl (C=O) groups is 3. The van der Waals surface area contributed by atoms with Gasteiger partial charge in [-0.3, -0.25) is 9.59 Å². The third-order valence-electron chi connectivity index (χ3n) is 4.50. The third kappa shape index (κ3) is 5.08. The van der Waals surface area contributed by atoms with Gasteiger partial charge in [0.05, 0.1) is 6.61 Å². The number of amides is 2. The van der Waals surface area contributed by atoms with Gasteiger partial charge in [-0.05, 0) is 17.5 Å². The highest BCUT2D eigenvalue weighted by Crippen LogP contribution is 2.19. The van der Waals surface area contributed by atoms with E-state index in [0.717, 1.165) is 16.5 Å². The Hall–Kier alpha value is -2.91. The predicted octanol–water partition coefficient (Wildman–Crippen LogP) is -0.260. The number of aliphatic hydroxyl groups is 1. The number of aromatic nitrogens is 1.